The maximum absolute atomic E-state index is 13.3. The predicted octanol–water partition coefficient (Wildman–Crippen LogP) is 3.04. The smallest absolute Gasteiger partial charge is 0.238 e. The lowest BCUT2D eigenvalue weighted by Crippen LogP contribution is -2.31. The van der Waals surface area contributed by atoms with E-state index in [-0.39, 0.29) is 23.7 Å². The molecule has 0 bridgehead atoms. The van der Waals surface area contributed by atoms with Gasteiger partial charge in [-0.25, -0.2) is 9.29 Å². The van der Waals surface area contributed by atoms with E-state index in [1.807, 2.05) is 12.2 Å². The van der Waals surface area contributed by atoms with Crippen molar-refractivity contribution >= 4 is 33.4 Å². The molecule has 19 heavy (non-hydrogen) atoms. The third-order valence-corrected chi connectivity index (χ3v) is 4.33. The van der Waals surface area contributed by atoms with E-state index in [9.17, 15) is 14.0 Å². The van der Waals surface area contributed by atoms with Crippen molar-refractivity contribution in [1.82, 2.24) is 0 Å². The van der Waals surface area contributed by atoms with Gasteiger partial charge in [-0.05, 0) is 47.0 Å². The summed E-state index contributed by atoms with van der Waals surface area (Å²) in [5.41, 5.74) is 0.296. The van der Waals surface area contributed by atoms with E-state index in [2.05, 4.69) is 15.9 Å². The molecule has 1 aliphatic heterocycles. The molecular weight excluding hydrogens is 313 g/mol. The number of imide groups is 1. The molecule has 1 aromatic carbocycles. The molecule has 3 rings (SSSR count). The fourth-order valence-corrected chi connectivity index (χ4v) is 3.12. The summed E-state index contributed by atoms with van der Waals surface area (Å²) in [5, 5.41) is 0. The van der Waals surface area contributed by atoms with Gasteiger partial charge in [-0.1, -0.05) is 12.2 Å². The summed E-state index contributed by atoms with van der Waals surface area (Å²) in [6, 6.07) is 4.00. The largest absolute Gasteiger partial charge is 0.274 e. The van der Waals surface area contributed by atoms with Gasteiger partial charge in [0.15, 0.2) is 0 Å². The number of nitrogens with zero attached hydrogens (tertiary/aromatic N) is 1. The van der Waals surface area contributed by atoms with E-state index >= 15 is 0 Å². The van der Waals surface area contributed by atoms with E-state index in [4.69, 9.17) is 0 Å². The first-order chi connectivity index (χ1) is 9.09. The minimum absolute atomic E-state index is 0.231. The van der Waals surface area contributed by atoms with Crippen LogP contribution < -0.4 is 4.90 Å². The van der Waals surface area contributed by atoms with Gasteiger partial charge in [0, 0.05) is 4.47 Å². The molecule has 2 amide bonds. The maximum Gasteiger partial charge on any atom is 0.238 e. The van der Waals surface area contributed by atoms with Crippen LogP contribution in [0.25, 0.3) is 0 Å². The lowest BCUT2D eigenvalue weighted by molar-refractivity contribution is -0.122. The minimum atomic E-state index is -0.466. The summed E-state index contributed by atoms with van der Waals surface area (Å²) in [6.07, 6.45) is 5.02. The Hall–Kier alpha value is -1.49. The number of rotatable bonds is 1. The van der Waals surface area contributed by atoms with E-state index in [0.717, 1.165) is 4.90 Å². The average molecular weight is 324 g/mol. The molecule has 0 radical (unpaired) electrons. The zero-order valence-corrected chi connectivity index (χ0v) is 11.6. The first kappa shape index (κ1) is 12.5. The van der Waals surface area contributed by atoms with E-state index < -0.39 is 5.82 Å². The van der Waals surface area contributed by atoms with Crippen LogP contribution in [0.5, 0.6) is 0 Å². The zero-order valence-electron chi connectivity index (χ0n) is 9.98. The quantitative estimate of drug-likeness (QED) is 0.588. The van der Waals surface area contributed by atoms with Crippen LogP contribution >= 0.6 is 15.9 Å². The molecule has 1 heterocycles. The van der Waals surface area contributed by atoms with Crippen molar-refractivity contribution in [3.8, 4) is 0 Å². The number of carbonyl (C=O) groups excluding carboxylic acids is 2. The molecule has 0 spiro atoms. The van der Waals surface area contributed by atoms with Gasteiger partial charge in [0.05, 0.1) is 17.5 Å². The number of fused-ring (bicyclic) bond motifs is 1. The van der Waals surface area contributed by atoms with Gasteiger partial charge in [0.2, 0.25) is 11.8 Å². The second-order valence-electron chi connectivity index (χ2n) is 4.76. The lowest BCUT2D eigenvalue weighted by Gasteiger charge is -2.16. The Morgan fingerprint density at radius 2 is 1.68 bits per heavy atom. The normalized spacial score (nSPS) is 25.9. The number of anilines is 1. The second-order valence-corrected chi connectivity index (χ2v) is 5.62. The molecule has 0 aromatic heterocycles. The minimum Gasteiger partial charge on any atom is -0.274 e. The number of hydrogen-bond donors (Lipinski definition) is 0. The van der Waals surface area contributed by atoms with Gasteiger partial charge in [-0.2, -0.15) is 0 Å². The second kappa shape index (κ2) is 4.56. The Kier molecular flexibility index (Phi) is 3.01. The van der Waals surface area contributed by atoms with Crippen LogP contribution in [0.1, 0.15) is 12.8 Å². The fraction of sp³-hybridized carbons (Fsp3) is 0.286. The number of halogens is 2. The SMILES string of the molecule is O=C1[C@H]2CC=CC[C@H]2C(=O)N1c1cc(F)ccc1Br. The summed E-state index contributed by atoms with van der Waals surface area (Å²) < 4.78 is 13.9. The highest BCUT2D eigenvalue weighted by molar-refractivity contribution is 9.10. The number of benzene rings is 1. The summed E-state index contributed by atoms with van der Waals surface area (Å²) in [6.45, 7) is 0. The van der Waals surface area contributed by atoms with Gasteiger partial charge in [0.1, 0.15) is 5.82 Å². The predicted molar refractivity (Wildman–Crippen MR) is 71.9 cm³/mol. The summed E-state index contributed by atoms with van der Waals surface area (Å²) >= 11 is 3.27. The fourth-order valence-electron chi connectivity index (χ4n) is 2.69. The summed E-state index contributed by atoms with van der Waals surface area (Å²) in [4.78, 5) is 25.8. The van der Waals surface area contributed by atoms with Crippen LogP contribution in [0.2, 0.25) is 0 Å². The average Bonchev–Trinajstić information content (AvgIpc) is 2.66. The third kappa shape index (κ3) is 1.92. The van der Waals surface area contributed by atoms with Gasteiger partial charge < -0.3 is 0 Å². The summed E-state index contributed by atoms with van der Waals surface area (Å²) in [5.74, 6) is -1.52. The van der Waals surface area contributed by atoms with Crippen molar-refractivity contribution in [3.63, 3.8) is 0 Å². The van der Waals surface area contributed by atoms with Crippen molar-refractivity contribution in [2.75, 3.05) is 4.90 Å². The van der Waals surface area contributed by atoms with Crippen molar-refractivity contribution in [2.45, 2.75) is 12.8 Å². The highest BCUT2D eigenvalue weighted by atomic mass is 79.9. The van der Waals surface area contributed by atoms with Gasteiger partial charge >= 0.3 is 0 Å². The standard InChI is InChI=1S/C14H11BrFNO2/c15-11-6-5-8(16)7-12(11)17-13(18)9-3-1-2-4-10(9)14(17)19/h1-2,5-7,9-10H,3-4H2/t9-,10+. The van der Waals surface area contributed by atoms with E-state index in [0.29, 0.717) is 23.0 Å². The Balaban J connectivity index is 2.04. The molecule has 5 heteroatoms. The Morgan fingerprint density at radius 1 is 1.11 bits per heavy atom. The third-order valence-electron chi connectivity index (χ3n) is 3.66. The summed E-state index contributed by atoms with van der Waals surface area (Å²) in [7, 11) is 0. The first-order valence-corrected chi connectivity index (χ1v) is 6.87. The Labute approximate surface area is 118 Å². The highest BCUT2D eigenvalue weighted by Gasteiger charge is 2.48. The molecule has 1 fully saturated rings. The molecule has 0 saturated carbocycles. The van der Waals surface area contributed by atoms with E-state index in [1.54, 1.807) is 0 Å². The molecule has 2 aliphatic rings. The molecule has 1 saturated heterocycles. The molecule has 0 unspecified atom stereocenters. The Bertz CT molecular complexity index is 573. The molecule has 98 valence electrons. The number of carbonyl (C=O) groups is 2. The monoisotopic (exact) mass is 323 g/mol. The van der Waals surface area contributed by atoms with Crippen molar-refractivity contribution < 1.29 is 14.0 Å². The molecule has 3 nitrogen and oxygen atoms in total. The van der Waals surface area contributed by atoms with Crippen molar-refractivity contribution in [3.05, 3.63) is 40.6 Å². The van der Waals surface area contributed by atoms with Crippen LogP contribution in [-0.2, 0) is 9.59 Å². The van der Waals surface area contributed by atoms with Crippen molar-refractivity contribution in [2.24, 2.45) is 11.8 Å². The Morgan fingerprint density at radius 3 is 2.26 bits per heavy atom. The van der Waals surface area contributed by atoms with Crippen molar-refractivity contribution in [1.29, 1.82) is 0 Å². The van der Waals surface area contributed by atoms with Crippen LogP contribution in [0.4, 0.5) is 10.1 Å². The highest BCUT2D eigenvalue weighted by Crippen LogP contribution is 2.40. The first-order valence-electron chi connectivity index (χ1n) is 6.07. The molecule has 2 atom stereocenters. The number of amides is 2. The van der Waals surface area contributed by atoms with Crippen LogP contribution in [-0.4, -0.2) is 11.8 Å². The van der Waals surface area contributed by atoms with Crippen LogP contribution in [0.15, 0.2) is 34.8 Å². The van der Waals surface area contributed by atoms with E-state index in [1.165, 1.54) is 18.2 Å². The number of allylic oxidation sites excluding steroid dienone is 2. The van der Waals surface area contributed by atoms with Gasteiger partial charge in [-0.15, -0.1) is 0 Å². The van der Waals surface area contributed by atoms with Gasteiger partial charge in [-0.3, -0.25) is 9.59 Å². The molecule has 1 aromatic rings. The maximum atomic E-state index is 13.3. The lowest BCUT2D eigenvalue weighted by atomic mass is 9.85. The molecule has 1 aliphatic carbocycles. The van der Waals surface area contributed by atoms with Gasteiger partial charge in [0.25, 0.3) is 0 Å². The topological polar surface area (TPSA) is 37.4 Å². The molecular formula is C14H11BrFNO2. The zero-order chi connectivity index (χ0) is 13.6. The van der Waals surface area contributed by atoms with Crippen LogP contribution in [0, 0.1) is 17.7 Å². The van der Waals surface area contributed by atoms with Crippen LogP contribution in [0.3, 0.4) is 0 Å². The molecule has 0 N–H and O–H groups in total. The number of hydrogen-bond acceptors (Lipinski definition) is 2.